The molecule has 0 fully saturated rings. The minimum atomic E-state index is -1.22. The average molecular weight is 380 g/mol. The molecular weight excluding hydrogens is 338 g/mol. The minimum Gasteiger partial charge on any atom is -0.446 e. The number of unbranched alkanes of at least 4 members (excludes halogenated alkanes) is 7. The van der Waals surface area contributed by atoms with E-state index in [1.54, 1.807) is 0 Å². The summed E-state index contributed by atoms with van der Waals surface area (Å²) in [4.78, 5) is 23.8. The summed E-state index contributed by atoms with van der Waals surface area (Å²) in [7, 11) is 0. The molecule has 0 aliphatic carbocycles. The third kappa shape index (κ3) is 10.4. The first-order chi connectivity index (χ1) is 12.9. The van der Waals surface area contributed by atoms with E-state index in [0.717, 1.165) is 44.6 Å². The van der Waals surface area contributed by atoms with E-state index in [-0.39, 0.29) is 5.92 Å². The summed E-state index contributed by atoms with van der Waals surface area (Å²) in [5.41, 5.74) is 4.41. The zero-order chi connectivity index (χ0) is 20.5. The number of amides is 1. The summed E-state index contributed by atoms with van der Waals surface area (Å²) in [5, 5.41) is 0. The van der Waals surface area contributed by atoms with Crippen LogP contribution in [0.25, 0.3) is 0 Å². The molecular formula is C23H41NO3. The van der Waals surface area contributed by atoms with Crippen LogP contribution >= 0.6 is 0 Å². The summed E-state index contributed by atoms with van der Waals surface area (Å²) in [6.07, 6.45) is 18.4. The molecule has 27 heavy (non-hydrogen) atoms. The standard InChI is InChI=1S/C23H41NO3/c1-5-8-9-10-11-12-13-14-15-16-17-18-20(4)23(19-6-2,22(24)26)27-21(25)7-3/h7,12-13,20H,3,5-6,8-11,14-19H2,1-2,4H3,(H2,24,26)/b13-12-. The third-order valence-electron chi connectivity index (χ3n) is 5.18. The molecule has 0 radical (unpaired) electrons. The number of ether oxygens (including phenoxy) is 1. The molecule has 0 rings (SSSR count). The van der Waals surface area contributed by atoms with Gasteiger partial charge in [-0.15, -0.1) is 0 Å². The van der Waals surface area contributed by atoms with Gasteiger partial charge < -0.3 is 10.5 Å². The molecule has 0 aromatic rings. The zero-order valence-electron chi connectivity index (χ0n) is 17.8. The van der Waals surface area contributed by atoms with Crippen molar-refractivity contribution >= 4 is 11.9 Å². The highest BCUT2D eigenvalue weighted by Gasteiger charge is 2.44. The first kappa shape index (κ1) is 25.4. The smallest absolute Gasteiger partial charge is 0.331 e. The van der Waals surface area contributed by atoms with Crippen LogP contribution in [0.5, 0.6) is 0 Å². The van der Waals surface area contributed by atoms with Gasteiger partial charge in [-0.2, -0.15) is 0 Å². The predicted octanol–water partition coefficient (Wildman–Crippen LogP) is 5.85. The maximum Gasteiger partial charge on any atom is 0.331 e. The molecule has 2 unspecified atom stereocenters. The van der Waals surface area contributed by atoms with E-state index in [1.807, 2.05) is 13.8 Å². The Bertz CT molecular complexity index is 459. The van der Waals surface area contributed by atoms with Gasteiger partial charge in [0.1, 0.15) is 0 Å². The number of primary amides is 1. The van der Waals surface area contributed by atoms with Crippen molar-refractivity contribution in [1.29, 1.82) is 0 Å². The Morgan fingerprint density at radius 3 is 2.07 bits per heavy atom. The first-order valence-electron chi connectivity index (χ1n) is 10.7. The second-order valence-electron chi connectivity index (χ2n) is 7.49. The molecule has 0 bridgehead atoms. The van der Waals surface area contributed by atoms with Crippen LogP contribution in [-0.2, 0) is 14.3 Å². The van der Waals surface area contributed by atoms with Crippen LogP contribution in [0, 0.1) is 5.92 Å². The highest BCUT2D eigenvalue weighted by molar-refractivity contribution is 5.89. The number of hydrogen-bond donors (Lipinski definition) is 1. The van der Waals surface area contributed by atoms with E-state index >= 15 is 0 Å². The lowest BCUT2D eigenvalue weighted by Crippen LogP contribution is -2.52. The summed E-state index contributed by atoms with van der Waals surface area (Å²) in [6.45, 7) is 9.56. The van der Waals surface area contributed by atoms with E-state index in [1.165, 1.54) is 32.1 Å². The van der Waals surface area contributed by atoms with Gasteiger partial charge in [0.05, 0.1) is 0 Å². The molecule has 4 heteroatoms. The van der Waals surface area contributed by atoms with Gasteiger partial charge in [-0.05, 0) is 38.5 Å². The molecule has 0 aromatic carbocycles. The van der Waals surface area contributed by atoms with Crippen molar-refractivity contribution in [2.75, 3.05) is 0 Å². The first-order valence-corrected chi connectivity index (χ1v) is 10.7. The Hall–Kier alpha value is -1.58. The number of esters is 1. The van der Waals surface area contributed by atoms with Crippen LogP contribution in [0.2, 0.25) is 0 Å². The number of carbonyl (C=O) groups is 2. The van der Waals surface area contributed by atoms with E-state index in [4.69, 9.17) is 10.5 Å². The van der Waals surface area contributed by atoms with Crippen LogP contribution in [0.1, 0.15) is 97.8 Å². The Morgan fingerprint density at radius 1 is 1.00 bits per heavy atom. The molecule has 1 amide bonds. The Labute approximate surface area is 166 Å². The van der Waals surface area contributed by atoms with Gasteiger partial charge in [-0.1, -0.05) is 78.0 Å². The number of rotatable bonds is 17. The van der Waals surface area contributed by atoms with Crippen LogP contribution in [-0.4, -0.2) is 17.5 Å². The Morgan fingerprint density at radius 2 is 1.59 bits per heavy atom. The topological polar surface area (TPSA) is 69.4 Å². The Kier molecular flexibility index (Phi) is 14.6. The van der Waals surface area contributed by atoms with Crippen LogP contribution in [0.15, 0.2) is 24.8 Å². The van der Waals surface area contributed by atoms with Crippen molar-refractivity contribution in [3.05, 3.63) is 24.8 Å². The fraction of sp³-hybridized carbons (Fsp3) is 0.739. The van der Waals surface area contributed by atoms with Gasteiger partial charge in [-0.25, -0.2) is 4.79 Å². The number of allylic oxidation sites excluding steroid dienone is 2. The van der Waals surface area contributed by atoms with E-state index < -0.39 is 17.5 Å². The van der Waals surface area contributed by atoms with Crippen molar-refractivity contribution in [3.63, 3.8) is 0 Å². The second-order valence-corrected chi connectivity index (χ2v) is 7.49. The maximum atomic E-state index is 12.1. The SMILES string of the molecule is C=CC(=O)OC(CCC)(C(N)=O)C(C)CCCCC/C=C\CCCCCC. The molecule has 4 nitrogen and oxygen atoms in total. The van der Waals surface area contributed by atoms with E-state index in [9.17, 15) is 9.59 Å². The summed E-state index contributed by atoms with van der Waals surface area (Å²) in [5.74, 6) is -1.25. The molecule has 0 spiro atoms. The van der Waals surface area contributed by atoms with Crippen LogP contribution < -0.4 is 5.73 Å². The van der Waals surface area contributed by atoms with E-state index in [0.29, 0.717) is 6.42 Å². The molecule has 0 aromatic heterocycles. The monoisotopic (exact) mass is 379 g/mol. The second kappa shape index (κ2) is 15.5. The molecule has 0 heterocycles. The number of hydrogen-bond acceptors (Lipinski definition) is 3. The largest absolute Gasteiger partial charge is 0.446 e. The van der Waals surface area contributed by atoms with Crippen molar-refractivity contribution in [1.82, 2.24) is 0 Å². The lowest BCUT2D eigenvalue weighted by atomic mass is 9.80. The summed E-state index contributed by atoms with van der Waals surface area (Å²) < 4.78 is 5.46. The van der Waals surface area contributed by atoms with Crippen molar-refractivity contribution in [3.8, 4) is 0 Å². The van der Waals surface area contributed by atoms with Crippen molar-refractivity contribution in [2.45, 2.75) is 103 Å². The average Bonchev–Trinajstić information content (AvgIpc) is 2.65. The minimum absolute atomic E-state index is 0.104. The molecule has 0 aliphatic heterocycles. The zero-order valence-corrected chi connectivity index (χ0v) is 17.8. The van der Waals surface area contributed by atoms with E-state index in [2.05, 4.69) is 25.7 Å². The van der Waals surface area contributed by atoms with Gasteiger partial charge in [0.2, 0.25) is 0 Å². The normalized spacial score (nSPS) is 14.6. The number of carbonyl (C=O) groups excluding carboxylic acids is 2. The van der Waals surface area contributed by atoms with Crippen molar-refractivity contribution < 1.29 is 14.3 Å². The maximum absolute atomic E-state index is 12.1. The highest BCUT2D eigenvalue weighted by Crippen LogP contribution is 2.32. The van der Waals surface area contributed by atoms with Gasteiger partial charge in [0.15, 0.2) is 5.60 Å². The van der Waals surface area contributed by atoms with Gasteiger partial charge >= 0.3 is 5.97 Å². The van der Waals surface area contributed by atoms with Gasteiger partial charge in [0.25, 0.3) is 5.91 Å². The fourth-order valence-electron chi connectivity index (χ4n) is 3.45. The molecule has 2 N–H and O–H groups in total. The lowest BCUT2D eigenvalue weighted by molar-refractivity contribution is -0.170. The van der Waals surface area contributed by atoms with Crippen LogP contribution in [0.3, 0.4) is 0 Å². The summed E-state index contributed by atoms with van der Waals surface area (Å²) in [6, 6.07) is 0. The molecule has 0 saturated heterocycles. The fourth-order valence-corrected chi connectivity index (χ4v) is 3.45. The molecule has 156 valence electrons. The van der Waals surface area contributed by atoms with Gasteiger partial charge in [0, 0.05) is 12.0 Å². The van der Waals surface area contributed by atoms with Gasteiger partial charge in [-0.3, -0.25) is 4.79 Å². The third-order valence-corrected chi connectivity index (χ3v) is 5.18. The number of nitrogens with two attached hydrogens (primary N) is 1. The highest BCUT2D eigenvalue weighted by atomic mass is 16.6. The molecule has 0 saturated carbocycles. The quantitative estimate of drug-likeness (QED) is 0.149. The van der Waals surface area contributed by atoms with Crippen LogP contribution in [0.4, 0.5) is 0 Å². The predicted molar refractivity (Wildman–Crippen MR) is 113 cm³/mol. The lowest BCUT2D eigenvalue weighted by Gasteiger charge is -2.35. The molecule has 0 aliphatic rings. The molecule has 2 atom stereocenters. The summed E-state index contributed by atoms with van der Waals surface area (Å²) >= 11 is 0. The van der Waals surface area contributed by atoms with Crippen molar-refractivity contribution in [2.24, 2.45) is 11.7 Å². The Balaban J connectivity index is 4.28.